The van der Waals surface area contributed by atoms with Gasteiger partial charge in [-0.15, -0.1) is 0 Å². The Morgan fingerprint density at radius 3 is 2.75 bits per heavy atom. The molecule has 0 aromatic carbocycles. The Kier molecular flexibility index (Phi) is 3.24. The van der Waals surface area contributed by atoms with Gasteiger partial charge in [0.1, 0.15) is 0 Å². The van der Waals surface area contributed by atoms with Crippen LogP contribution in [0.15, 0.2) is 17.2 Å². The number of anilines is 1. The summed E-state index contributed by atoms with van der Waals surface area (Å²) in [6.07, 6.45) is 7.29. The van der Waals surface area contributed by atoms with Crippen LogP contribution in [0.4, 0.5) is 5.82 Å². The third-order valence-corrected chi connectivity index (χ3v) is 3.31. The minimum Gasteiger partial charge on any atom is -0.352 e. The van der Waals surface area contributed by atoms with Crippen LogP contribution in [-0.4, -0.2) is 29.1 Å². The van der Waals surface area contributed by atoms with Crippen LogP contribution in [0.25, 0.3) is 0 Å². The monoisotopic (exact) mass is 222 g/mol. The maximum Gasteiger partial charge on any atom is 0.290 e. The molecule has 1 aromatic heterocycles. The van der Waals surface area contributed by atoms with Crippen LogP contribution < -0.4 is 16.2 Å². The Bertz CT molecular complexity index is 395. The summed E-state index contributed by atoms with van der Waals surface area (Å²) < 4.78 is 0. The highest BCUT2D eigenvalue weighted by molar-refractivity contribution is 5.35. The molecule has 3 N–H and O–H groups in total. The molecule has 1 heterocycles. The second kappa shape index (κ2) is 4.65. The molecule has 88 valence electrons. The van der Waals surface area contributed by atoms with Gasteiger partial charge in [0.25, 0.3) is 5.56 Å². The van der Waals surface area contributed by atoms with Crippen molar-refractivity contribution >= 4 is 5.82 Å². The van der Waals surface area contributed by atoms with E-state index in [0.29, 0.717) is 17.9 Å². The van der Waals surface area contributed by atoms with Crippen LogP contribution in [0.2, 0.25) is 0 Å². The molecule has 0 atom stereocenters. The van der Waals surface area contributed by atoms with Gasteiger partial charge in [0.2, 0.25) is 0 Å². The zero-order valence-corrected chi connectivity index (χ0v) is 9.52. The van der Waals surface area contributed by atoms with Gasteiger partial charge < -0.3 is 15.6 Å². The third kappa shape index (κ3) is 2.24. The number of nitrogens with zero attached hydrogens (tertiary/aromatic N) is 2. The van der Waals surface area contributed by atoms with E-state index in [9.17, 15) is 4.79 Å². The Morgan fingerprint density at radius 2 is 2.12 bits per heavy atom. The smallest absolute Gasteiger partial charge is 0.290 e. The highest BCUT2D eigenvalue weighted by Crippen LogP contribution is 2.22. The number of H-pyrrole nitrogens is 1. The van der Waals surface area contributed by atoms with Gasteiger partial charge >= 0.3 is 0 Å². The van der Waals surface area contributed by atoms with Crippen LogP contribution >= 0.6 is 0 Å². The fourth-order valence-corrected chi connectivity index (χ4v) is 2.26. The molecule has 0 unspecified atom stereocenters. The van der Waals surface area contributed by atoms with Gasteiger partial charge in [0.05, 0.1) is 0 Å². The van der Waals surface area contributed by atoms with Crippen molar-refractivity contribution in [2.45, 2.75) is 37.8 Å². The molecule has 0 aliphatic heterocycles. The highest BCUT2D eigenvalue weighted by atomic mass is 16.1. The highest BCUT2D eigenvalue weighted by Gasteiger charge is 2.23. The Hall–Kier alpha value is -1.36. The lowest BCUT2D eigenvalue weighted by atomic mass is 9.91. The topological polar surface area (TPSA) is 75.0 Å². The van der Waals surface area contributed by atoms with Crippen LogP contribution in [0, 0.1) is 0 Å². The standard InChI is InChI=1S/C11H18N4O/c1-15(9-4-2-8(12)3-5-9)10-11(16)14-7-6-13-10/h6-9H,2-5,12H2,1H3,(H,14,16). The molecule has 5 nitrogen and oxygen atoms in total. The minimum absolute atomic E-state index is 0.125. The summed E-state index contributed by atoms with van der Waals surface area (Å²) in [6.45, 7) is 0. The Labute approximate surface area is 94.7 Å². The summed E-state index contributed by atoms with van der Waals surface area (Å²) in [4.78, 5) is 20.3. The predicted octanol–water partition coefficient (Wildman–Crippen LogP) is 0.476. The van der Waals surface area contributed by atoms with Crippen molar-refractivity contribution in [1.29, 1.82) is 0 Å². The molecule has 5 heteroatoms. The lowest BCUT2D eigenvalue weighted by molar-refractivity contribution is 0.383. The van der Waals surface area contributed by atoms with Crippen LogP contribution in [0.5, 0.6) is 0 Å². The zero-order valence-electron chi connectivity index (χ0n) is 9.52. The molecular weight excluding hydrogens is 204 g/mol. The maximum atomic E-state index is 11.6. The van der Waals surface area contributed by atoms with E-state index in [1.54, 1.807) is 12.4 Å². The van der Waals surface area contributed by atoms with Crippen molar-refractivity contribution in [2.75, 3.05) is 11.9 Å². The molecule has 1 fully saturated rings. The molecule has 1 aromatic rings. The van der Waals surface area contributed by atoms with Crippen molar-refractivity contribution in [1.82, 2.24) is 9.97 Å². The summed E-state index contributed by atoms with van der Waals surface area (Å²) >= 11 is 0. The Morgan fingerprint density at radius 1 is 1.44 bits per heavy atom. The van der Waals surface area contributed by atoms with Crippen molar-refractivity contribution in [2.24, 2.45) is 5.73 Å². The van der Waals surface area contributed by atoms with E-state index >= 15 is 0 Å². The third-order valence-electron chi connectivity index (χ3n) is 3.31. The summed E-state index contributed by atoms with van der Waals surface area (Å²) in [6, 6.07) is 0.711. The number of rotatable bonds is 2. The van der Waals surface area contributed by atoms with Gasteiger partial charge in [0, 0.05) is 31.5 Å². The summed E-state index contributed by atoms with van der Waals surface area (Å²) in [5.41, 5.74) is 5.74. The van der Waals surface area contributed by atoms with Gasteiger partial charge in [-0.1, -0.05) is 0 Å². The normalized spacial score (nSPS) is 25.4. The van der Waals surface area contributed by atoms with Crippen LogP contribution in [-0.2, 0) is 0 Å². The SMILES string of the molecule is CN(c1ncc[nH]c1=O)C1CCC(N)CC1. The molecule has 0 spiro atoms. The number of hydrogen-bond acceptors (Lipinski definition) is 4. The van der Waals surface area contributed by atoms with Crippen molar-refractivity contribution < 1.29 is 0 Å². The largest absolute Gasteiger partial charge is 0.352 e. The van der Waals surface area contributed by atoms with E-state index in [1.807, 2.05) is 11.9 Å². The fraction of sp³-hybridized carbons (Fsp3) is 0.636. The number of nitrogens with one attached hydrogen (secondary N) is 1. The maximum absolute atomic E-state index is 11.6. The summed E-state index contributed by atoms with van der Waals surface area (Å²) in [5, 5.41) is 0. The fourth-order valence-electron chi connectivity index (χ4n) is 2.26. The average molecular weight is 222 g/mol. The van der Waals surface area contributed by atoms with E-state index in [-0.39, 0.29) is 5.56 Å². The first-order valence-electron chi connectivity index (χ1n) is 5.70. The van der Waals surface area contributed by atoms with E-state index in [2.05, 4.69) is 9.97 Å². The number of aromatic nitrogens is 2. The van der Waals surface area contributed by atoms with Gasteiger partial charge in [-0.3, -0.25) is 4.79 Å². The minimum atomic E-state index is -0.125. The molecule has 1 aliphatic rings. The number of nitrogens with two attached hydrogens (primary N) is 1. The van der Waals surface area contributed by atoms with Gasteiger partial charge in [-0.2, -0.15) is 0 Å². The first-order valence-corrected chi connectivity index (χ1v) is 5.70. The zero-order chi connectivity index (χ0) is 11.5. The van der Waals surface area contributed by atoms with Crippen molar-refractivity contribution in [3.63, 3.8) is 0 Å². The van der Waals surface area contributed by atoms with E-state index in [0.717, 1.165) is 25.7 Å². The van der Waals surface area contributed by atoms with Gasteiger partial charge in [0.15, 0.2) is 5.82 Å². The van der Waals surface area contributed by atoms with E-state index in [4.69, 9.17) is 5.73 Å². The van der Waals surface area contributed by atoms with Crippen molar-refractivity contribution in [3.05, 3.63) is 22.7 Å². The lowest BCUT2D eigenvalue weighted by Gasteiger charge is -2.33. The second-order valence-electron chi connectivity index (χ2n) is 4.42. The number of hydrogen-bond donors (Lipinski definition) is 2. The van der Waals surface area contributed by atoms with Crippen LogP contribution in [0.3, 0.4) is 0 Å². The molecule has 0 saturated heterocycles. The molecule has 2 rings (SSSR count). The molecule has 16 heavy (non-hydrogen) atoms. The molecule has 0 bridgehead atoms. The second-order valence-corrected chi connectivity index (χ2v) is 4.42. The first-order chi connectivity index (χ1) is 7.68. The molecule has 1 saturated carbocycles. The molecule has 0 radical (unpaired) electrons. The van der Waals surface area contributed by atoms with Gasteiger partial charge in [-0.25, -0.2) is 4.98 Å². The average Bonchev–Trinajstić information content (AvgIpc) is 2.30. The predicted molar refractivity (Wildman–Crippen MR) is 63.5 cm³/mol. The quantitative estimate of drug-likeness (QED) is 0.763. The lowest BCUT2D eigenvalue weighted by Crippen LogP contribution is -2.41. The Balaban J connectivity index is 2.11. The summed E-state index contributed by atoms with van der Waals surface area (Å²) in [7, 11) is 1.93. The van der Waals surface area contributed by atoms with Crippen molar-refractivity contribution in [3.8, 4) is 0 Å². The molecule has 0 amide bonds. The first kappa shape index (κ1) is 11.1. The molecule has 1 aliphatic carbocycles. The van der Waals surface area contributed by atoms with E-state index < -0.39 is 0 Å². The van der Waals surface area contributed by atoms with Crippen LogP contribution in [0.1, 0.15) is 25.7 Å². The van der Waals surface area contributed by atoms with E-state index in [1.165, 1.54) is 0 Å². The number of aromatic amines is 1. The summed E-state index contributed by atoms with van der Waals surface area (Å²) in [5.74, 6) is 0.503. The molecular formula is C11H18N4O. The van der Waals surface area contributed by atoms with Gasteiger partial charge in [-0.05, 0) is 25.7 Å².